The molecule has 1 aliphatic heterocycles. The minimum Gasteiger partial charge on any atom is -0.337 e. The molecule has 0 saturated carbocycles. The molecule has 0 amide bonds. The average Bonchev–Trinajstić information content (AvgIpc) is 3.25. The second-order valence-corrected chi connectivity index (χ2v) is 7.00. The Kier molecular flexibility index (Phi) is 4.37. The van der Waals surface area contributed by atoms with E-state index in [1.807, 2.05) is 42.5 Å². The number of benzene rings is 2. The van der Waals surface area contributed by atoms with Gasteiger partial charge in [-0.2, -0.15) is 4.98 Å². The van der Waals surface area contributed by atoms with Gasteiger partial charge in [0.1, 0.15) is 6.04 Å². The lowest BCUT2D eigenvalue weighted by Gasteiger charge is -2.09. The largest absolute Gasteiger partial charge is 0.337 e. The van der Waals surface area contributed by atoms with Gasteiger partial charge in [-0.3, -0.25) is 0 Å². The summed E-state index contributed by atoms with van der Waals surface area (Å²) in [7, 11) is 0. The minimum atomic E-state index is -0.0364. The molecule has 0 spiro atoms. The van der Waals surface area contributed by atoms with E-state index in [-0.39, 0.29) is 12.1 Å². The zero-order valence-corrected chi connectivity index (χ0v) is 14.9. The van der Waals surface area contributed by atoms with Gasteiger partial charge in [-0.15, -0.1) is 0 Å². The van der Waals surface area contributed by atoms with E-state index < -0.39 is 0 Å². The molecule has 2 N–H and O–H groups in total. The summed E-state index contributed by atoms with van der Waals surface area (Å²) in [5.41, 5.74) is 8.53. The summed E-state index contributed by atoms with van der Waals surface area (Å²) in [4.78, 5) is 4.52. The molecule has 1 aliphatic rings. The summed E-state index contributed by atoms with van der Waals surface area (Å²) in [5, 5.41) is 4.81. The molecule has 5 nitrogen and oxygen atoms in total. The summed E-state index contributed by atoms with van der Waals surface area (Å²) in [6.45, 7) is 0. The zero-order chi connectivity index (χ0) is 16.5. The number of halogens is 2. The quantitative estimate of drug-likeness (QED) is 0.675. The lowest BCUT2D eigenvalue weighted by Crippen LogP contribution is -2.26. The minimum absolute atomic E-state index is 0.0364. The van der Waals surface area contributed by atoms with Gasteiger partial charge in [-0.05, 0) is 48.4 Å². The second-order valence-electron chi connectivity index (χ2n) is 5.65. The number of nitrogens with zero attached hydrogens (tertiary/aromatic N) is 2. The smallest absolute Gasteiger partial charge is 0.245 e. The first-order valence-corrected chi connectivity index (χ1v) is 8.72. The van der Waals surface area contributed by atoms with Crippen LogP contribution in [0.15, 0.2) is 57.5 Å². The normalized spacial score (nSPS) is 20.4. The summed E-state index contributed by atoms with van der Waals surface area (Å²) in [5.74, 6) is 1.16. The van der Waals surface area contributed by atoms with Crippen molar-refractivity contribution >= 4 is 27.5 Å². The van der Waals surface area contributed by atoms with E-state index in [0.717, 1.165) is 27.0 Å². The molecular formula is C17H14BrClN4O. The molecule has 24 heavy (non-hydrogen) atoms. The third-order valence-electron chi connectivity index (χ3n) is 4.00. The van der Waals surface area contributed by atoms with Crippen LogP contribution in [0.1, 0.15) is 30.0 Å². The average molecular weight is 406 g/mol. The molecule has 122 valence electrons. The Balaban J connectivity index is 1.50. The first kappa shape index (κ1) is 15.8. The number of nitrogens with one attached hydrogen (secondary N) is 2. The molecule has 1 fully saturated rings. The van der Waals surface area contributed by atoms with Gasteiger partial charge in [-0.1, -0.05) is 44.8 Å². The van der Waals surface area contributed by atoms with Crippen LogP contribution in [0.25, 0.3) is 11.4 Å². The fourth-order valence-electron chi connectivity index (χ4n) is 2.75. The van der Waals surface area contributed by atoms with Crippen molar-refractivity contribution in [2.75, 3.05) is 0 Å². The van der Waals surface area contributed by atoms with Crippen LogP contribution < -0.4 is 10.9 Å². The highest BCUT2D eigenvalue weighted by Crippen LogP contribution is 2.31. The highest BCUT2D eigenvalue weighted by molar-refractivity contribution is 9.10. The molecule has 3 aromatic rings. The van der Waals surface area contributed by atoms with Gasteiger partial charge in [0.05, 0.1) is 0 Å². The van der Waals surface area contributed by atoms with Crippen LogP contribution in [0.2, 0.25) is 5.02 Å². The van der Waals surface area contributed by atoms with E-state index in [2.05, 4.69) is 43.0 Å². The third-order valence-corrected chi connectivity index (χ3v) is 4.76. The van der Waals surface area contributed by atoms with E-state index >= 15 is 0 Å². The molecular weight excluding hydrogens is 392 g/mol. The Labute approximate surface area is 152 Å². The molecule has 1 aromatic heterocycles. The van der Waals surface area contributed by atoms with Gasteiger partial charge in [0, 0.05) is 21.1 Å². The van der Waals surface area contributed by atoms with Gasteiger partial charge in [0.15, 0.2) is 0 Å². The van der Waals surface area contributed by atoms with Crippen molar-refractivity contribution in [1.29, 1.82) is 0 Å². The maximum atomic E-state index is 6.07. The second kappa shape index (κ2) is 6.64. The maximum absolute atomic E-state index is 6.07. The predicted molar refractivity (Wildman–Crippen MR) is 95.3 cm³/mol. The first-order valence-electron chi connectivity index (χ1n) is 7.55. The molecule has 2 heterocycles. The molecule has 1 saturated heterocycles. The Bertz CT molecular complexity index is 852. The number of hydrogen-bond donors (Lipinski definition) is 2. The van der Waals surface area contributed by atoms with Crippen LogP contribution in [0.3, 0.4) is 0 Å². The standard InChI is InChI=1S/C17H14BrClN4O/c18-12-6-4-10(5-7-12)16-20-17(24-23-16)15-9-14(21-22-15)11-2-1-3-13(19)8-11/h1-8,14-15,21-22H,9H2. The lowest BCUT2D eigenvalue weighted by atomic mass is 10.0. The summed E-state index contributed by atoms with van der Waals surface area (Å²) < 4.78 is 6.45. The van der Waals surface area contributed by atoms with Crippen molar-refractivity contribution in [2.45, 2.75) is 18.5 Å². The highest BCUT2D eigenvalue weighted by Gasteiger charge is 2.30. The van der Waals surface area contributed by atoms with Gasteiger partial charge in [0.25, 0.3) is 0 Å². The maximum Gasteiger partial charge on any atom is 0.245 e. The van der Waals surface area contributed by atoms with Crippen LogP contribution in [-0.2, 0) is 0 Å². The highest BCUT2D eigenvalue weighted by atomic mass is 79.9. The molecule has 0 radical (unpaired) electrons. The van der Waals surface area contributed by atoms with E-state index in [4.69, 9.17) is 16.1 Å². The van der Waals surface area contributed by atoms with Crippen molar-refractivity contribution in [3.05, 3.63) is 69.5 Å². The summed E-state index contributed by atoms with van der Waals surface area (Å²) >= 11 is 9.49. The first-order chi connectivity index (χ1) is 11.7. The van der Waals surface area contributed by atoms with Crippen LogP contribution in [0.5, 0.6) is 0 Å². The van der Waals surface area contributed by atoms with E-state index in [0.29, 0.717) is 11.7 Å². The van der Waals surface area contributed by atoms with Crippen molar-refractivity contribution in [1.82, 2.24) is 21.0 Å². The SMILES string of the molecule is Clc1cccc(C2CC(c3nc(-c4ccc(Br)cc4)no3)NN2)c1. The Morgan fingerprint density at radius 2 is 1.88 bits per heavy atom. The Hall–Kier alpha value is -1.73. The van der Waals surface area contributed by atoms with Gasteiger partial charge < -0.3 is 4.52 Å². The zero-order valence-electron chi connectivity index (χ0n) is 12.5. The lowest BCUT2D eigenvalue weighted by molar-refractivity contribution is 0.340. The monoisotopic (exact) mass is 404 g/mol. The van der Waals surface area contributed by atoms with E-state index in [9.17, 15) is 0 Å². The fourth-order valence-corrected chi connectivity index (χ4v) is 3.22. The number of hydrazine groups is 1. The number of hydrogen-bond acceptors (Lipinski definition) is 5. The summed E-state index contributed by atoms with van der Waals surface area (Å²) in [6.07, 6.45) is 0.808. The van der Waals surface area contributed by atoms with E-state index in [1.54, 1.807) is 0 Å². The van der Waals surface area contributed by atoms with Crippen molar-refractivity contribution in [3.8, 4) is 11.4 Å². The number of aromatic nitrogens is 2. The van der Waals surface area contributed by atoms with Crippen molar-refractivity contribution < 1.29 is 4.52 Å². The van der Waals surface area contributed by atoms with Crippen molar-refractivity contribution in [2.24, 2.45) is 0 Å². The molecule has 0 aliphatic carbocycles. The van der Waals surface area contributed by atoms with Crippen LogP contribution in [-0.4, -0.2) is 10.1 Å². The van der Waals surface area contributed by atoms with Crippen LogP contribution in [0, 0.1) is 0 Å². The molecule has 2 atom stereocenters. The molecule has 2 aromatic carbocycles. The van der Waals surface area contributed by atoms with Crippen LogP contribution in [0.4, 0.5) is 0 Å². The summed E-state index contributed by atoms with van der Waals surface area (Å²) in [6, 6.07) is 15.8. The Morgan fingerprint density at radius 3 is 2.67 bits per heavy atom. The van der Waals surface area contributed by atoms with Gasteiger partial charge >= 0.3 is 0 Å². The molecule has 2 unspecified atom stereocenters. The predicted octanol–water partition coefficient (Wildman–Crippen LogP) is 4.43. The van der Waals surface area contributed by atoms with Gasteiger partial charge in [0.2, 0.25) is 11.7 Å². The van der Waals surface area contributed by atoms with Crippen molar-refractivity contribution in [3.63, 3.8) is 0 Å². The van der Waals surface area contributed by atoms with Crippen LogP contribution >= 0.6 is 27.5 Å². The number of rotatable bonds is 3. The van der Waals surface area contributed by atoms with E-state index in [1.165, 1.54) is 0 Å². The Morgan fingerprint density at radius 1 is 1.08 bits per heavy atom. The third kappa shape index (κ3) is 3.23. The fraction of sp³-hybridized carbons (Fsp3) is 0.176. The molecule has 7 heteroatoms. The topological polar surface area (TPSA) is 63.0 Å². The molecule has 0 bridgehead atoms. The molecule has 4 rings (SSSR count). The van der Waals surface area contributed by atoms with Gasteiger partial charge in [-0.25, -0.2) is 10.9 Å².